The van der Waals surface area contributed by atoms with Gasteiger partial charge in [0.15, 0.2) is 11.5 Å². The molecule has 0 aliphatic heterocycles. The van der Waals surface area contributed by atoms with E-state index in [2.05, 4.69) is 12.2 Å². The van der Waals surface area contributed by atoms with Crippen LogP contribution in [0.4, 0.5) is 5.69 Å². The molecular formula is C17H27NO3. The standard InChI is InChI=1S/C17H27NO3/c1-3-13-5-4-6-14(11-13)18-15-7-8-16(20-2)17(12-15)21-10-9-19/h7-8,12-14,18-19H,3-6,9-11H2,1-2H3. The Balaban J connectivity index is 2.02. The summed E-state index contributed by atoms with van der Waals surface area (Å²) < 4.78 is 10.8. The van der Waals surface area contributed by atoms with Gasteiger partial charge in [0, 0.05) is 17.8 Å². The highest BCUT2D eigenvalue weighted by Gasteiger charge is 2.20. The van der Waals surface area contributed by atoms with Crippen LogP contribution < -0.4 is 14.8 Å². The van der Waals surface area contributed by atoms with Gasteiger partial charge in [-0.3, -0.25) is 0 Å². The Labute approximate surface area is 127 Å². The Bertz CT molecular complexity index is 436. The van der Waals surface area contributed by atoms with Gasteiger partial charge in [0.25, 0.3) is 0 Å². The topological polar surface area (TPSA) is 50.7 Å². The van der Waals surface area contributed by atoms with Crippen molar-refractivity contribution in [2.24, 2.45) is 5.92 Å². The number of hydrogen-bond acceptors (Lipinski definition) is 4. The molecule has 1 saturated carbocycles. The Kier molecular flexibility index (Phi) is 6.18. The summed E-state index contributed by atoms with van der Waals surface area (Å²) in [7, 11) is 1.63. The van der Waals surface area contributed by atoms with E-state index in [1.54, 1.807) is 7.11 Å². The van der Waals surface area contributed by atoms with Crippen LogP contribution in [0.5, 0.6) is 11.5 Å². The molecule has 0 saturated heterocycles. The Morgan fingerprint density at radius 3 is 2.86 bits per heavy atom. The second-order valence-corrected chi connectivity index (χ2v) is 5.72. The SMILES string of the molecule is CCC1CCCC(Nc2ccc(OC)c(OCCO)c2)C1. The molecule has 0 spiro atoms. The van der Waals surface area contributed by atoms with Crippen LogP contribution in [0.25, 0.3) is 0 Å². The lowest BCUT2D eigenvalue weighted by molar-refractivity contribution is 0.196. The van der Waals surface area contributed by atoms with E-state index in [0.29, 0.717) is 17.5 Å². The summed E-state index contributed by atoms with van der Waals surface area (Å²) in [5, 5.41) is 12.5. The second kappa shape index (κ2) is 8.13. The minimum atomic E-state index is 0.00160. The van der Waals surface area contributed by atoms with Gasteiger partial charge in [-0.15, -0.1) is 0 Å². The molecule has 0 heterocycles. The van der Waals surface area contributed by atoms with E-state index in [1.807, 2.05) is 18.2 Å². The number of benzene rings is 1. The highest BCUT2D eigenvalue weighted by Crippen LogP contribution is 2.33. The molecule has 0 bridgehead atoms. The number of ether oxygens (including phenoxy) is 2. The van der Waals surface area contributed by atoms with Gasteiger partial charge in [-0.1, -0.05) is 26.2 Å². The normalized spacial score (nSPS) is 21.9. The first-order valence-electron chi connectivity index (χ1n) is 7.95. The predicted octanol–water partition coefficient (Wildman–Crippen LogP) is 3.45. The van der Waals surface area contributed by atoms with Gasteiger partial charge in [-0.05, 0) is 30.9 Å². The van der Waals surface area contributed by atoms with E-state index >= 15 is 0 Å². The minimum absolute atomic E-state index is 0.00160. The van der Waals surface area contributed by atoms with Crippen molar-refractivity contribution >= 4 is 5.69 Å². The minimum Gasteiger partial charge on any atom is -0.493 e. The Morgan fingerprint density at radius 2 is 2.14 bits per heavy atom. The van der Waals surface area contributed by atoms with Crippen molar-refractivity contribution in [2.45, 2.75) is 45.1 Å². The zero-order chi connectivity index (χ0) is 15.1. The smallest absolute Gasteiger partial charge is 0.163 e. The monoisotopic (exact) mass is 293 g/mol. The number of hydrogen-bond donors (Lipinski definition) is 2. The van der Waals surface area contributed by atoms with Crippen LogP contribution in [-0.2, 0) is 0 Å². The van der Waals surface area contributed by atoms with E-state index in [-0.39, 0.29) is 13.2 Å². The van der Waals surface area contributed by atoms with Crippen molar-refractivity contribution in [2.75, 3.05) is 25.6 Å². The molecule has 1 fully saturated rings. The maximum absolute atomic E-state index is 8.90. The van der Waals surface area contributed by atoms with Crippen LogP contribution in [0, 0.1) is 5.92 Å². The number of aliphatic hydroxyl groups is 1. The summed E-state index contributed by atoms with van der Waals surface area (Å²) in [4.78, 5) is 0. The molecule has 1 aliphatic carbocycles. The van der Waals surface area contributed by atoms with Crippen molar-refractivity contribution in [1.82, 2.24) is 0 Å². The molecule has 0 amide bonds. The van der Waals surface area contributed by atoms with E-state index in [0.717, 1.165) is 11.6 Å². The molecule has 2 unspecified atom stereocenters. The fourth-order valence-electron chi connectivity index (χ4n) is 3.06. The predicted molar refractivity (Wildman–Crippen MR) is 85.2 cm³/mol. The third-order valence-corrected chi connectivity index (χ3v) is 4.24. The van der Waals surface area contributed by atoms with Crippen LogP contribution in [0.1, 0.15) is 39.0 Å². The summed E-state index contributed by atoms with van der Waals surface area (Å²) in [6.45, 7) is 2.56. The van der Waals surface area contributed by atoms with Crippen LogP contribution in [-0.4, -0.2) is 31.5 Å². The maximum atomic E-state index is 8.90. The molecule has 2 rings (SSSR count). The number of aliphatic hydroxyl groups excluding tert-OH is 1. The third kappa shape index (κ3) is 4.53. The van der Waals surface area contributed by atoms with Gasteiger partial charge in [-0.2, -0.15) is 0 Å². The van der Waals surface area contributed by atoms with E-state index in [9.17, 15) is 0 Å². The van der Waals surface area contributed by atoms with Gasteiger partial charge in [-0.25, -0.2) is 0 Å². The number of methoxy groups -OCH3 is 1. The van der Waals surface area contributed by atoms with Crippen molar-refractivity contribution in [1.29, 1.82) is 0 Å². The summed E-state index contributed by atoms with van der Waals surface area (Å²) in [6, 6.07) is 6.45. The second-order valence-electron chi connectivity index (χ2n) is 5.72. The Hall–Kier alpha value is -1.42. The van der Waals surface area contributed by atoms with Gasteiger partial charge < -0.3 is 19.9 Å². The van der Waals surface area contributed by atoms with Crippen molar-refractivity contribution in [3.63, 3.8) is 0 Å². The first kappa shape index (κ1) is 16.0. The summed E-state index contributed by atoms with van der Waals surface area (Å²) in [5.74, 6) is 2.23. The highest BCUT2D eigenvalue weighted by atomic mass is 16.5. The lowest BCUT2D eigenvalue weighted by Gasteiger charge is -2.30. The molecule has 2 N–H and O–H groups in total. The third-order valence-electron chi connectivity index (χ3n) is 4.24. The Morgan fingerprint density at radius 1 is 1.29 bits per heavy atom. The zero-order valence-electron chi connectivity index (χ0n) is 13.1. The lowest BCUT2D eigenvalue weighted by atomic mass is 9.84. The van der Waals surface area contributed by atoms with Gasteiger partial charge in [0.05, 0.1) is 13.7 Å². The highest BCUT2D eigenvalue weighted by molar-refractivity contribution is 5.55. The van der Waals surface area contributed by atoms with Crippen molar-refractivity contribution in [3.05, 3.63) is 18.2 Å². The lowest BCUT2D eigenvalue weighted by Crippen LogP contribution is -2.27. The number of nitrogens with one attached hydrogen (secondary N) is 1. The number of anilines is 1. The molecule has 1 aliphatic rings. The molecule has 0 aromatic heterocycles. The fraction of sp³-hybridized carbons (Fsp3) is 0.647. The molecule has 1 aromatic rings. The van der Waals surface area contributed by atoms with E-state index in [4.69, 9.17) is 14.6 Å². The first-order chi connectivity index (χ1) is 10.3. The van der Waals surface area contributed by atoms with Crippen molar-refractivity contribution in [3.8, 4) is 11.5 Å². The van der Waals surface area contributed by atoms with Gasteiger partial charge >= 0.3 is 0 Å². The van der Waals surface area contributed by atoms with Crippen LogP contribution in [0.15, 0.2) is 18.2 Å². The quantitative estimate of drug-likeness (QED) is 0.808. The summed E-state index contributed by atoms with van der Waals surface area (Å²) in [5.41, 5.74) is 1.06. The van der Waals surface area contributed by atoms with Crippen molar-refractivity contribution < 1.29 is 14.6 Å². The van der Waals surface area contributed by atoms with E-state index in [1.165, 1.54) is 32.1 Å². The first-order valence-corrected chi connectivity index (χ1v) is 7.95. The summed E-state index contributed by atoms with van der Waals surface area (Å²) in [6.07, 6.45) is 6.42. The van der Waals surface area contributed by atoms with Crippen LogP contribution >= 0.6 is 0 Å². The molecule has 21 heavy (non-hydrogen) atoms. The molecular weight excluding hydrogens is 266 g/mol. The van der Waals surface area contributed by atoms with Crippen LogP contribution in [0.3, 0.4) is 0 Å². The molecule has 4 heteroatoms. The number of rotatable bonds is 7. The average molecular weight is 293 g/mol. The summed E-state index contributed by atoms with van der Waals surface area (Å²) >= 11 is 0. The van der Waals surface area contributed by atoms with Gasteiger partial charge in [0.1, 0.15) is 6.61 Å². The molecule has 1 aromatic carbocycles. The van der Waals surface area contributed by atoms with Crippen LogP contribution in [0.2, 0.25) is 0 Å². The zero-order valence-corrected chi connectivity index (χ0v) is 13.1. The largest absolute Gasteiger partial charge is 0.493 e. The molecule has 2 atom stereocenters. The average Bonchev–Trinajstić information content (AvgIpc) is 2.53. The molecule has 0 radical (unpaired) electrons. The van der Waals surface area contributed by atoms with E-state index < -0.39 is 0 Å². The van der Waals surface area contributed by atoms with Gasteiger partial charge in [0.2, 0.25) is 0 Å². The fourth-order valence-corrected chi connectivity index (χ4v) is 3.06. The molecule has 118 valence electrons. The molecule has 4 nitrogen and oxygen atoms in total. The maximum Gasteiger partial charge on any atom is 0.163 e.